The van der Waals surface area contributed by atoms with E-state index in [1.54, 1.807) is 6.20 Å². The van der Waals surface area contributed by atoms with Gasteiger partial charge in [0, 0.05) is 19.0 Å². The Hall–Kier alpha value is -2.24. The van der Waals surface area contributed by atoms with Crippen LogP contribution in [-0.4, -0.2) is 26.3 Å². The SMILES string of the molecule is Cc1cccnc1-c1nnc(CCCC(=O)O)o1. The summed E-state index contributed by atoms with van der Waals surface area (Å²) in [6.07, 6.45) is 2.71. The molecule has 2 aromatic rings. The third-order valence-corrected chi connectivity index (χ3v) is 2.46. The van der Waals surface area contributed by atoms with Gasteiger partial charge in [0.05, 0.1) is 0 Å². The number of rotatable bonds is 5. The Morgan fingerprint density at radius 3 is 3.00 bits per heavy atom. The van der Waals surface area contributed by atoms with Crippen LogP contribution in [0.25, 0.3) is 11.6 Å². The van der Waals surface area contributed by atoms with E-state index >= 15 is 0 Å². The van der Waals surface area contributed by atoms with Gasteiger partial charge in [-0.15, -0.1) is 10.2 Å². The summed E-state index contributed by atoms with van der Waals surface area (Å²) in [5.41, 5.74) is 1.62. The summed E-state index contributed by atoms with van der Waals surface area (Å²) >= 11 is 0. The molecular weight excluding hydrogens is 234 g/mol. The second kappa shape index (κ2) is 5.39. The summed E-state index contributed by atoms with van der Waals surface area (Å²) in [5, 5.41) is 16.3. The van der Waals surface area contributed by atoms with E-state index in [9.17, 15) is 4.79 Å². The molecule has 0 aliphatic heterocycles. The minimum Gasteiger partial charge on any atom is -0.481 e. The molecule has 94 valence electrons. The van der Waals surface area contributed by atoms with Gasteiger partial charge < -0.3 is 9.52 Å². The van der Waals surface area contributed by atoms with Crippen molar-refractivity contribution in [3.63, 3.8) is 0 Å². The van der Waals surface area contributed by atoms with Crippen LogP contribution in [0.2, 0.25) is 0 Å². The molecule has 0 fully saturated rings. The summed E-state index contributed by atoms with van der Waals surface area (Å²) in [6, 6.07) is 3.75. The zero-order chi connectivity index (χ0) is 13.0. The van der Waals surface area contributed by atoms with Gasteiger partial charge in [-0.3, -0.25) is 9.78 Å². The maximum atomic E-state index is 10.4. The lowest BCUT2D eigenvalue weighted by Crippen LogP contribution is -1.95. The molecule has 0 aromatic carbocycles. The molecule has 1 N–H and O–H groups in total. The minimum absolute atomic E-state index is 0.0975. The van der Waals surface area contributed by atoms with Crippen molar-refractivity contribution < 1.29 is 14.3 Å². The number of pyridine rings is 1. The molecule has 6 heteroatoms. The average Bonchev–Trinajstić information content (AvgIpc) is 2.78. The van der Waals surface area contributed by atoms with Crippen LogP contribution in [-0.2, 0) is 11.2 Å². The first-order valence-electron chi connectivity index (χ1n) is 5.63. The second-order valence-corrected chi connectivity index (χ2v) is 3.92. The molecule has 0 radical (unpaired) electrons. The van der Waals surface area contributed by atoms with Crippen molar-refractivity contribution in [3.8, 4) is 11.6 Å². The number of aromatic nitrogens is 3. The first kappa shape index (κ1) is 12.2. The Morgan fingerprint density at radius 2 is 2.28 bits per heavy atom. The Morgan fingerprint density at radius 1 is 1.44 bits per heavy atom. The van der Waals surface area contributed by atoms with Gasteiger partial charge in [0.1, 0.15) is 5.69 Å². The van der Waals surface area contributed by atoms with Crippen LogP contribution >= 0.6 is 0 Å². The van der Waals surface area contributed by atoms with Crippen LogP contribution < -0.4 is 0 Å². The van der Waals surface area contributed by atoms with E-state index < -0.39 is 5.97 Å². The number of hydrogen-bond acceptors (Lipinski definition) is 5. The van der Waals surface area contributed by atoms with E-state index in [1.807, 2.05) is 19.1 Å². The van der Waals surface area contributed by atoms with Crippen molar-refractivity contribution in [2.24, 2.45) is 0 Å². The summed E-state index contributed by atoms with van der Waals surface area (Å²) in [4.78, 5) is 14.6. The van der Waals surface area contributed by atoms with E-state index in [1.165, 1.54) is 0 Å². The lowest BCUT2D eigenvalue weighted by Gasteiger charge is -1.97. The Labute approximate surface area is 104 Å². The molecule has 0 bridgehead atoms. The molecule has 0 atom stereocenters. The molecule has 0 saturated heterocycles. The van der Waals surface area contributed by atoms with Crippen molar-refractivity contribution >= 4 is 5.97 Å². The number of aryl methyl sites for hydroxylation is 2. The van der Waals surface area contributed by atoms with Gasteiger partial charge in [-0.1, -0.05) is 6.07 Å². The summed E-state index contributed by atoms with van der Waals surface area (Å²) in [7, 11) is 0. The van der Waals surface area contributed by atoms with Gasteiger partial charge in [-0.05, 0) is 25.0 Å². The first-order valence-corrected chi connectivity index (χ1v) is 5.63. The van der Waals surface area contributed by atoms with E-state index in [-0.39, 0.29) is 6.42 Å². The standard InChI is InChI=1S/C12H13N3O3/c1-8-4-3-7-13-11(8)12-15-14-9(18-12)5-2-6-10(16)17/h3-4,7H,2,5-6H2,1H3,(H,16,17). The molecule has 6 nitrogen and oxygen atoms in total. The monoisotopic (exact) mass is 247 g/mol. The van der Waals surface area contributed by atoms with Gasteiger partial charge in [-0.2, -0.15) is 0 Å². The minimum atomic E-state index is -0.824. The Kier molecular flexibility index (Phi) is 3.66. The third-order valence-electron chi connectivity index (χ3n) is 2.46. The highest BCUT2D eigenvalue weighted by molar-refractivity contribution is 5.66. The number of aliphatic carboxylic acids is 1. The zero-order valence-electron chi connectivity index (χ0n) is 9.96. The fourth-order valence-corrected chi connectivity index (χ4v) is 1.55. The molecule has 0 aliphatic carbocycles. The van der Waals surface area contributed by atoms with E-state index in [2.05, 4.69) is 15.2 Å². The fourth-order valence-electron chi connectivity index (χ4n) is 1.55. The second-order valence-electron chi connectivity index (χ2n) is 3.92. The van der Waals surface area contributed by atoms with Crippen molar-refractivity contribution in [2.45, 2.75) is 26.2 Å². The lowest BCUT2D eigenvalue weighted by atomic mass is 10.2. The first-order chi connectivity index (χ1) is 8.66. The largest absolute Gasteiger partial charge is 0.481 e. The molecule has 18 heavy (non-hydrogen) atoms. The van der Waals surface area contributed by atoms with Gasteiger partial charge in [-0.25, -0.2) is 0 Å². The molecule has 2 heterocycles. The maximum absolute atomic E-state index is 10.4. The van der Waals surface area contributed by atoms with Crippen LogP contribution in [0.4, 0.5) is 0 Å². The molecule has 0 spiro atoms. The van der Waals surface area contributed by atoms with Crippen molar-refractivity contribution in [2.75, 3.05) is 0 Å². The van der Waals surface area contributed by atoms with Gasteiger partial charge in [0.15, 0.2) is 0 Å². The Bertz CT molecular complexity index is 551. The molecule has 2 aromatic heterocycles. The quantitative estimate of drug-likeness (QED) is 0.867. The maximum Gasteiger partial charge on any atom is 0.303 e. The summed E-state index contributed by atoms with van der Waals surface area (Å²) < 4.78 is 5.45. The number of carboxylic acid groups (broad SMARTS) is 1. The fraction of sp³-hybridized carbons (Fsp3) is 0.333. The Balaban J connectivity index is 2.06. The van der Waals surface area contributed by atoms with Crippen molar-refractivity contribution in [3.05, 3.63) is 29.8 Å². The van der Waals surface area contributed by atoms with Crippen molar-refractivity contribution in [1.82, 2.24) is 15.2 Å². The van der Waals surface area contributed by atoms with Crippen LogP contribution in [0.3, 0.4) is 0 Å². The highest BCUT2D eigenvalue weighted by atomic mass is 16.4. The van der Waals surface area contributed by atoms with E-state index in [0.717, 1.165) is 5.56 Å². The average molecular weight is 247 g/mol. The highest BCUT2D eigenvalue weighted by Crippen LogP contribution is 2.19. The molecule has 2 rings (SSSR count). The number of carbonyl (C=O) groups is 1. The predicted molar refractivity (Wildman–Crippen MR) is 62.8 cm³/mol. The van der Waals surface area contributed by atoms with E-state index in [0.29, 0.717) is 30.3 Å². The molecule has 0 aliphatic rings. The zero-order valence-corrected chi connectivity index (χ0v) is 9.96. The van der Waals surface area contributed by atoms with Gasteiger partial charge in [0.2, 0.25) is 5.89 Å². The van der Waals surface area contributed by atoms with E-state index in [4.69, 9.17) is 9.52 Å². The molecule has 0 unspecified atom stereocenters. The topological polar surface area (TPSA) is 89.1 Å². The molecular formula is C12H13N3O3. The van der Waals surface area contributed by atoms with Crippen LogP contribution in [0.15, 0.2) is 22.7 Å². The van der Waals surface area contributed by atoms with Crippen LogP contribution in [0.5, 0.6) is 0 Å². The van der Waals surface area contributed by atoms with Crippen LogP contribution in [0.1, 0.15) is 24.3 Å². The smallest absolute Gasteiger partial charge is 0.303 e. The lowest BCUT2D eigenvalue weighted by molar-refractivity contribution is -0.137. The molecule has 0 saturated carbocycles. The van der Waals surface area contributed by atoms with Gasteiger partial charge >= 0.3 is 5.97 Å². The summed E-state index contributed by atoms with van der Waals surface area (Å²) in [6.45, 7) is 1.91. The van der Waals surface area contributed by atoms with Gasteiger partial charge in [0.25, 0.3) is 5.89 Å². The third kappa shape index (κ3) is 2.91. The number of carboxylic acids is 1. The number of nitrogens with zero attached hydrogens (tertiary/aromatic N) is 3. The predicted octanol–water partition coefficient (Wildman–Crippen LogP) is 1.85. The summed E-state index contributed by atoms with van der Waals surface area (Å²) in [5.74, 6) is -0.00922. The highest BCUT2D eigenvalue weighted by Gasteiger charge is 2.11. The van der Waals surface area contributed by atoms with Crippen LogP contribution in [0, 0.1) is 6.92 Å². The number of hydrogen-bond donors (Lipinski definition) is 1. The molecule has 0 amide bonds. The normalized spacial score (nSPS) is 10.5. The van der Waals surface area contributed by atoms with Crippen molar-refractivity contribution in [1.29, 1.82) is 0 Å².